The quantitative estimate of drug-likeness (QED) is 0.411. The van der Waals surface area contributed by atoms with E-state index in [1.54, 1.807) is 11.8 Å². The monoisotopic (exact) mass is 284 g/mol. The van der Waals surface area contributed by atoms with Crippen LogP contribution in [0.5, 0.6) is 0 Å². The van der Waals surface area contributed by atoms with Crippen LogP contribution in [-0.4, -0.2) is 62.6 Å². The van der Waals surface area contributed by atoms with Gasteiger partial charge in [0.2, 0.25) is 11.8 Å². The Morgan fingerprint density at radius 2 is 2.00 bits per heavy atom. The summed E-state index contributed by atoms with van der Waals surface area (Å²) in [6.45, 7) is 3.77. The highest BCUT2D eigenvalue weighted by molar-refractivity contribution is 6.00. The van der Waals surface area contributed by atoms with Crippen LogP contribution in [0.4, 0.5) is 0 Å². The highest BCUT2D eigenvalue weighted by atomic mass is 16.5. The lowest BCUT2D eigenvalue weighted by molar-refractivity contribution is -0.144. The second-order valence-corrected chi connectivity index (χ2v) is 4.33. The van der Waals surface area contributed by atoms with Gasteiger partial charge in [-0.2, -0.15) is 0 Å². The predicted octanol–water partition coefficient (Wildman–Crippen LogP) is -0.673. The van der Waals surface area contributed by atoms with Gasteiger partial charge in [-0.05, 0) is 6.92 Å². The second kappa shape index (κ2) is 8.31. The number of amides is 2. The van der Waals surface area contributed by atoms with E-state index in [0.717, 1.165) is 0 Å². The number of hydrogen-bond acceptors (Lipinski definition) is 5. The van der Waals surface area contributed by atoms with Crippen LogP contribution in [0.25, 0.3) is 0 Å². The molecule has 0 aromatic heterocycles. The largest absolute Gasteiger partial charge is 0.466 e. The summed E-state index contributed by atoms with van der Waals surface area (Å²) in [4.78, 5) is 36.3. The average molecular weight is 284 g/mol. The molecule has 1 atom stereocenters. The van der Waals surface area contributed by atoms with Crippen LogP contribution in [-0.2, 0) is 23.9 Å². The fourth-order valence-electron chi connectivity index (χ4n) is 1.71. The van der Waals surface area contributed by atoms with Crippen molar-refractivity contribution in [2.45, 2.75) is 6.92 Å². The number of carbonyl (C=O) groups excluding carboxylic acids is 3. The zero-order valence-corrected chi connectivity index (χ0v) is 11.8. The minimum Gasteiger partial charge on any atom is -0.466 e. The van der Waals surface area contributed by atoms with Crippen LogP contribution in [0.2, 0.25) is 0 Å². The molecule has 1 rings (SSSR count). The summed E-state index contributed by atoms with van der Waals surface area (Å²) in [5.41, 5.74) is 0. The molecule has 1 fully saturated rings. The van der Waals surface area contributed by atoms with Gasteiger partial charge in [0.25, 0.3) is 0 Å². The Kier molecular flexibility index (Phi) is 6.72. The van der Waals surface area contributed by atoms with E-state index in [9.17, 15) is 14.4 Å². The van der Waals surface area contributed by atoms with E-state index in [4.69, 9.17) is 4.74 Å². The minimum absolute atomic E-state index is 0.175. The Labute approximate surface area is 117 Å². The Morgan fingerprint density at radius 3 is 2.60 bits per heavy atom. The summed E-state index contributed by atoms with van der Waals surface area (Å²) in [6, 6.07) is 0. The van der Waals surface area contributed by atoms with Crippen molar-refractivity contribution in [2.75, 3.05) is 40.0 Å². The van der Waals surface area contributed by atoms with Gasteiger partial charge in [0.15, 0.2) is 0 Å². The molecule has 1 heterocycles. The maximum Gasteiger partial charge on any atom is 0.330 e. The van der Waals surface area contributed by atoms with Gasteiger partial charge in [-0.1, -0.05) is 6.08 Å². The number of nitrogens with zero attached hydrogens (tertiary/aromatic N) is 1. The summed E-state index contributed by atoms with van der Waals surface area (Å²) in [5.74, 6) is -1.81. The predicted molar refractivity (Wildman–Crippen MR) is 70.7 cm³/mol. The number of ether oxygens (including phenoxy) is 2. The van der Waals surface area contributed by atoms with Gasteiger partial charge in [0.05, 0.1) is 20.3 Å². The van der Waals surface area contributed by atoms with Gasteiger partial charge in [0.1, 0.15) is 5.92 Å². The molecule has 7 nitrogen and oxygen atoms in total. The number of methoxy groups -OCH3 is 1. The first-order chi connectivity index (χ1) is 9.56. The number of rotatable bonds is 5. The topological polar surface area (TPSA) is 84.9 Å². The molecule has 1 aliphatic heterocycles. The molecule has 0 spiro atoms. The van der Waals surface area contributed by atoms with Gasteiger partial charge in [-0.15, -0.1) is 0 Å². The van der Waals surface area contributed by atoms with Crippen LogP contribution in [0.15, 0.2) is 12.2 Å². The third-order valence-electron chi connectivity index (χ3n) is 2.94. The molecule has 20 heavy (non-hydrogen) atoms. The van der Waals surface area contributed by atoms with Crippen molar-refractivity contribution < 1.29 is 23.9 Å². The Hall–Kier alpha value is -1.89. The molecular weight excluding hydrogens is 264 g/mol. The Balaban J connectivity index is 2.36. The van der Waals surface area contributed by atoms with E-state index in [1.165, 1.54) is 19.3 Å². The number of nitrogens with one attached hydrogen (secondary N) is 1. The Morgan fingerprint density at radius 1 is 1.35 bits per heavy atom. The minimum atomic E-state index is -0.750. The van der Waals surface area contributed by atoms with E-state index in [2.05, 4.69) is 10.1 Å². The van der Waals surface area contributed by atoms with Gasteiger partial charge in [-0.25, -0.2) is 4.79 Å². The molecule has 0 bridgehead atoms. The van der Waals surface area contributed by atoms with E-state index >= 15 is 0 Å². The van der Waals surface area contributed by atoms with Gasteiger partial charge in [-0.3, -0.25) is 9.59 Å². The molecule has 0 saturated carbocycles. The van der Waals surface area contributed by atoms with Crippen molar-refractivity contribution in [3.63, 3.8) is 0 Å². The molecule has 1 unspecified atom stereocenters. The fraction of sp³-hybridized carbons (Fsp3) is 0.615. The van der Waals surface area contributed by atoms with Crippen molar-refractivity contribution in [3.05, 3.63) is 12.2 Å². The SMILES string of the molecule is COC(=O)/C=C/CNC(=O)C(C)C(=O)N1CCOCC1. The van der Waals surface area contributed by atoms with Crippen LogP contribution in [0.3, 0.4) is 0 Å². The third-order valence-corrected chi connectivity index (χ3v) is 2.94. The zero-order valence-electron chi connectivity index (χ0n) is 11.8. The average Bonchev–Trinajstić information content (AvgIpc) is 2.50. The van der Waals surface area contributed by atoms with E-state index < -0.39 is 11.9 Å². The molecule has 1 saturated heterocycles. The van der Waals surface area contributed by atoms with Crippen molar-refractivity contribution in [2.24, 2.45) is 5.92 Å². The van der Waals surface area contributed by atoms with E-state index in [-0.39, 0.29) is 18.4 Å². The van der Waals surface area contributed by atoms with Gasteiger partial charge in [0, 0.05) is 25.7 Å². The summed E-state index contributed by atoms with van der Waals surface area (Å²) in [5, 5.41) is 2.57. The van der Waals surface area contributed by atoms with Crippen LogP contribution >= 0.6 is 0 Å². The summed E-state index contributed by atoms with van der Waals surface area (Å²) in [6.07, 6.45) is 2.68. The summed E-state index contributed by atoms with van der Waals surface area (Å²) in [7, 11) is 1.27. The number of hydrogen-bond donors (Lipinski definition) is 1. The first-order valence-electron chi connectivity index (χ1n) is 6.45. The molecule has 0 aromatic carbocycles. The van der Waals surface area contributed by atoms with Crippen LogP contribution < -0.4 is 5.32 Å². The lowest BCUT2D eigenvalue weighted by Crippen LogP contribution is -2.47. The summed E-state index contributed by atoms with van der Waals surface area (Å²) < 4.78 is 9.57. The molecule has 7 heteroatoms. The van der Waals surface area contributed by atoms with Crippen molar-refractivity contribution in [3.8, 4) is 0 Å². The highest BCUT2D eigenvalue weighted by Gasteiger charge is 2.27. The first kappa shape index (κ1) is 16.2. The smallest absolute Gasteiger partial charge is 0.330 e. The number of carbonyl (C=O) groups is 3. The fourth-order valence-corrected chi connectivity index (χ4v) is 1.71. The lowest BCUT2D eigenvalue weighted by atomic mass is 10.1. The maximum absolute atomic E-state index is 12.0. The molecule has 1 aliphatic rings. The maximum atomic E-state index is 12.0. The molecule has 2 amide bonds. The number of esters is 1. The molecule has 1 N–H and O–H groups in total. The first-order valence-corrected chi connectivity index (χ1v) is 6.45. The molecule has 0 aliphatic carbocycles. The molecule has 0 radical (unpaired) electrons. The van der Waals surface area contributed by atoms with E-state index in [0.29, 0.717) is 26.3 Å². The van der Waals surface area contributed by atoms with Gasteiger partial charge >= 0.3 is 5.97 Å². The molecular formula is C13H20N2O5. The standard InChI is InChI=1S/C13H20N2O5/c1-10(13(18)15-6-8-20-9-7-15)12(17)14-5-3-4-11(16)19-2/h3-4,10H,5-9H2,1-2H3,(H,14,17)/b4-3+. The van der Waals surface area contributed by atoms with Crippen LogP contribution in [0.1, 0.15) is 6.92 Å². The third kappa shape index (κ3) is 5.00. The van der Waals surface area contributed by atoms with E-state index in [1.807, 2.05) is 0 Å². The van der Waals surface area contributed by atoms with Crippen molar-refractivity contribution in [1.29, 1.82) is 0 Å². The van der Waals surface area contributed by atoms with Crippen molar-refractivity contribution >= 4 is 17.8 Å². The normalized spacial score (nSPS) is 16.8. The molecule has 0 aromatic rings. The highest BCUT2D eigenvalue weighted by Crippen LogP contribution is 2.05. The van der Waals surface area contributed by atoms with Crippen molar-refractivity contribution in [1.82, 2.24) is 10.2 Å². The van der Waals surface area contributed by atoms with Gasteiger partial charge < -0.3 is 19.7 Å². The van der Waals surface area contributed by atoms with Crippen LogP contribution in [0, 0.1) is 5.92 Å². The molecule has 112 valence electrons. The zero-order chi connectivity index (χ0) is 15.0. The Bertz CT molecular complexity index is 388. The second-order valence-electron chi connectivity index (χ2n) is 4.33. The lowest BCUT2D eigenvalue weighted by Gasteiger charge is -2.28. The summed E-state index contributed by atoms with van der Waals surface area (Å²) >= 11 is 0. The number of morpholine rings is 1.